The van der Waals surface area contributed by atoms with Gasteiger partial charge in [-0.2, -0.15) is 0 Å². The van der Waals surface area contributed by atoms with E-state index in [9.17, 15) is 9.59 Å². The normalized spacial score (nSPS) is 11.7. The molecule has 0 atom stereocenters. The average Bonchev–Trinajstić information content (AvgIpc) is 3.13. The molecule has 1 heterocycles. The van der Waals surface area contributed by atoms with Crippen LogP contribution in [-0.2, 0) is 14.3 Å². The van der Waals surface area contributed by atoms with Crippen LogP contribution in [0.2, 0.25) is 0 Å². The SMILES string of the molecule is CC(C)CCOC(=O)C(=Cc1ccco1)NC(=O)C=Cc1ccccc1. The van der Waals surface area contributed by atoms with Crippen molar-refractivity contribution in [3.05, 3.63) is 71.8 Å². The number of hydrogen-bond donors (Lipinski definition) is 1. The Kier molecular flexibility index (Phi) is 7.43. The lowest BCUT2D eigenvalue weighted by molar-refractivity contribution is -0.140. The number of carbonyl (C=O) groups excluding carboxylic acids is 2. The molecule has 1 aromatic heterocycles. The van der Waals surface area contributed by atoms with E-state index in [0.29, 0.717) is 18.3 Å². The zero-order valence-electron chi connectivity index (χ0n) is 15.0. The van der Waals surface area contributed by atoms with E-state index in [1.807, 2.05) is 44.2 Å². The van der Waals surface area contributed by atoms with Gasteiger partial charge < -0.3 is 14.5 Å². The van der Waals surface area contributed by atoms with Crippen LogP contribution in [0, 0.1) is 5.92 Å². The molecule has 0 aliphatic heterocycles. The summed E-state index contributed by atoms with van der Waals surface area (Å²) in [6.45, 7) is 4.38. The van der Waals surface area contributed by atoms with Crippen molar-refractivity contribution in [2.75, 3.05) is 6.61 Å². The van der Waals surface area contributed by atoms with Gasteiger partial charge in [0, 0.05) is 12.2 Å². The van der Waals surface area contributed by atoms with E-state index in [0.717, 1.165) is 12.0 Å². The summed E-state index contributed by atoms with van der Waals surface area (Å²) in [5.74, 6) is -0.146. The van der Waals surface area contributed by atoms with Crippen LogP contribution in [0.5, 0.6) is 0 Å². The standard InChI is InChI=1S/C21H23NO4/c1-16(2)12-14-26-21(24)19(15-18-9-6-13-25-18)22-20(23)11-10-17-7-4-3-5-8-17/h3-11,13,15-16H,12,14H2,1-2H3,(H,22,23). The predicted octanol–water partition coefficient (Wildman–Crippen LogP) is 4.04. The van der Waals surface area contributed by atoms with Crippen molar-refractivity contribution >= 4 is 24.0 Å². The topological polar surface area (TPSA) is 68.5 Å². The molecule has 5 heteroatoms. The smallest absolute Gasteiger partial charge is 0.354 e. The molecule has 0 aliphatic rings. The molecular weight excluding hydrogens is 330 g/mol. The van der Waals surface area contributed by atoms with Crippen LogP contribution in [0.1, 0.15) is 31.6 Å². The lowest BCUT2D eigenvalue weighted by atomic mass is 10.1. The largest absolute Gasteiger partial charge is 0.465 e. The summed E-state index contributed by atoms with van der Waals surface area (Å²) in [4.78, 5) is 24.5. The quantitative estimate of drug-likeness (QED) is 0.574. The van der Waals surface area contributed by atoms with Gasteiger partial charge in [-0.25, -0.2) is 4.79 Å². The summed E-state index contributed by atoms with van der Waals surface area (Å²) in [5, 5.41) is 2.56. The lowest BCUT2D eigenvalue weighted by Gasteiger charge is -2.10. The van der Waals surface area contributed by atoms with Crippen molar-refractivity contribution in [3.63, 3.8) is 0 Å². The minimum absolute atomic E-state index is 0.0337. The number of nitrogens with one attached hydrogen (secondary N) is 1. The molecule has 0 unspecified atom stereocenters. The number of hydrogen-bond acceptors (Lipinski definition) is 4. The summed E-state index contributed by atoms with van der Waals surface area (Å²) >= 11 is 0. The van der Waals surface area contributed by atoms with E-state index >= 15 is 0 Å². The maximum atomic E-state index is 12.3. The Morgan fingerprint density at radius 2 is 1.92 bits per heavy atom. The van der Waals surface area contributed by atoms with Crippen molar-refractivity contribution in [2.45, 2.75) is 20.3 Å². The monoisotopic (exact) mass is 353 g/mol. The van der Waals surface area contributed by atoms with Gasteiger partial charge in [0.25, 0.3) is 0 Å². The molecule has 26 heavy (non-hydrogen) atoms. The molecule has 0 saturated heterocycles. The molecule has 0 radical (unpaired) electrons. The number of ether oxygens (including phenoxy) is 1. The van der Waals surface area contributed by atoms with Crippen LogP contribution in [0.25, 0.3) is 12.2 Å². The van der Waals surface area contributed by atoms with Gasteiger partial charge in [-0.3, -0.25) is 4.79 Å². The van der Waals surface area contributed by atoms with Crippen molar-refractivity contribution < 1.29 is 18.7 Å². The van der Waals surface area contributed by atoms with Crippen LogP contribution in [0.4, 0.5) is 0 Å². The number of amides is 1. The van der Waals surface area contributed by atoms with Crippen LogP contribution >= 0.6 is 0 Å². The molecule has 1 aromatic carbocycles. The van der Waals surface area contributed by atoms with E-state index in [1.54, 1.807) is 18.2 Å². The Bertz CT molecular complexity index is 759. The second-order valence-corrected chi connectivity index (χ2v) is 6.13. The van der Waals surface area contributed by atoms with Gasteiger partial charge >= 0.3 is 5.97 Å². The maximum Gasteiger partial charge on any atom is 0.354 e. The van der Waals surface area contributed by atoms with Gasteiger partial charge in [0.15, 0.2) is 0 Å². The van der Waals surface area contributed by atoms with Crippen LogP contribution in [0.3, 0.4) is 0 Å². The highest BCUT2D eigenvalue weighted by Gasteiger charge is 2.14. The van der Waals surface area contributed by atoms with Gasteiger partial charge in [-0.15, -0.1) is 0 Å². The minimum Gasteiger partial charge on any atom is -0.465 e. The minimum atomic E-state index is -0.594. The zero-order valence-corrected chi connectivity index (χ0v) is 15.0. The molecule has 0 fully saturated rings. The summed E-state index contributed by atoms with van der Waals surface area (Å²) in [6.07, 6.45) is 6.73. The van der Waals surface area contributed by atoms with Gasteiger partial charge in [-0.1, -0.05) is 44.2 Å². The zero-order chi connectivity index (χ0) is 18.8. The third-order valence-electron chi connectivity index (χ3n) is 3.46. The lowest BCUT2D eigenvalue weighted by Crippen LogP contribution is -2.27. The highest BCUT2D eigenvalue weighted by molar-refractivity contribution is 6.01. The summed E-state index contributed by atoms with van der Waals surface area (Å²) in [6, 6.07) is 12.8. The highest BCUT2D eigenvalue weighted by atomic mass is 16.5. The molecule has 0 bridgehead atoms. The number of esters is 1. The van der Waals surface area contributed by atoms with Crippen molar-refractivity contribution in [2.24, 2.45) is 5.92 Å². The van der Waals surface area contributed by atoms with Crippen LogP contribution in [-0.4, -0.2) is 18.5 Å². The van der Waals surface area contributed by atoms with Crippen molar-refractivity contribution in [1.82, 2.24) is 5.32 Å². The molecule has 2 rings (SSSR count). The van der Waals surface area contributed by atoms with E-state index < -0.39 is 11.9 Å². The van der Waals surface area contributed by atoms with Crippen molar-refractivity contribution in [3.8, 4) is 0 Å². The van der Waals surface area contributed by atoms with Crippen LogP contribution in [0.15, 0.2) is 64.9 Å². The third-order valence-corrected chi connectivity index (χ3v) is 3.46. The first-order valence-electron chi connectivity index (χ1n) is 8.51. The Labute approximate surface area is 153 Å². The van der Waals surface area contributed by atoms with Gasteiger partial charge in [0.2, 0.25) is 5.91 Å². The molecule has 5 nitrogen and oxygen atoms in total. The molecule has 2 aromatic rings. The maximum absolute atomic E-state index is 12.3. The first-order chi connectivity index (χ1) is 12.5. The summed E-state index contributed by atoms with van der Waals surface area (Å²) in [7, 11) is 0. The fourth-order valence-electron chi connectivity index (χ4n) is 2.04. The Morgan fingerprint density at radius 3 is 2.58 bits per heavy atom. The van der Waals surface area contributed by atoms with E-state index in [1.165, 1.54) is 18.4 Å². The van der Waals surface area contributed by atoms with Crippen molar-refractivity contribution in [1.29, 1.82) is 0 Å². The molecule has 1 amide bonds. The molecule has 1 N–H and O–H groups in total. The second-order valence-electron chi connectivity index (χ2n) is 6.13. The number of furan rings is 1. The molecule has 0 spiro atoms. The Hall–Kier alpha value is -3.08. The van der Waals surface area contributed by atoms with E-state index in [4.69, 9.17) is 9.15 Å². The Morgan fingerprint density at radius 1 is 1.15 bits per heavy atom. The highest BCUT2D eigenvalue weighted by Crippen LogP contribution is 2.09. The predicted molar refractivity (Wildman–Crippen MR) is 101 cm³/mol. The summed E-state index contributed by atoms with van der Waals surface area (Å²) < 4.78 is 10.5. The fourth-order valence-corrected chi connectivity index (χ4v) is 2.04. The number of benzene rings is 1. The molecule has 0 aliphatic carbocycles. The first kappa shape index (κ1) is 19.2. The summed E-state index contributed by atoms with van der Waals surface area (Å²) in [5.41, 5.74) is 0.921. The Balaban J connectivity index is 2.05. The van der Waals surface area contributed by atoms with Gasteiger partial charge in [-0.05, 0) is 36.1 Å². The molecule has 0 saturated carbocycles. The number of carbonyl (C=O) groups is 2. The van der Waals surface area contributed by atoms with Crippen LogP contribution < -0.4 is 5.32 Å². The molecular formula is C21H23NO4. The second kappa shape index (κ2) is 10.0. The van der Waals surface area contributed by atoms with E-state index in [2.05, 4.69) is 5.32 Å². The number of rotatable bonds is 8. The first-order valence-corrected chi connectivity index (χ1v) is 8.51. The average molecular weight is 353 g/mol. The fraction of sp³-hybridized carbons (Fsp3) is 0.238. The van der Waals surface area contributed by atoms with E-state index in [-0.39, 0.29) is 5.70 Å². The third kappa shape index (κ3) is 6.81. The van der Waals surface area contributed by atoms with Gasteiger partial charge in [0.1, 0.15) is 11.5 Å². The van der Waals surface area contributed by atoms with Gasteiger partial charge in [0.05, 0.1) is 12.9 Å². The molecule has 136 valence electrons.